The first-order chi connectivity index (χ1) is 7.19. The Morgan fingerprint density at radius 3 is 2.73 bits per heavy atom. The molecule has 0 heterocycles. The molecule has 1 nitrogen and oxygen atoms in total. The molecule has 0 atom stereocenters. The first-order valence-electron chi connectivity index (χ1n) is 5.14. The summed E-state index contributed by atoms with van der Waals surface area (Å²) in [6, 6.07) is 5.54. The van der Waals surface area contributed by atoms with Crippen molar-refractivity contribution in [3.05, 3.63) is 28.8 Å². The fraction of sp³-hybridized carbons (Fsp3) is 0.417. The quantitative estimate of drug-likeness (QED) is 0.561. The molecule has 0 amide bonds. The Labute approximate surface area is 100 Å². The maximum absolute atomic E-state index is 11.7. The van der Waals surface area contributed by atoms with Gasteiger partial charge >= 0.3 is 0 Å². The summed E-state index contributed by atoms with van der Waals surface area (Å²) in [6.07, 6.45) is 1.63. The number of benzene rings is 1. The van der Waals surface area contributed by atoms with Gasteiger partial charge in [0.15, 0.2) is 5.78 Å². The Bertz CT molecular complexity index is 349. The SMILES string of the molecule is CCCSc1ccc(Cl)cc1C(=O)CC. The van der Waals surface area contributed by atoms with Crippen molar-refractivity contribution in [1.29, 1.82) is 0 Å². The highest BCUT2D eigenvalue weighted by atomic mass is 35.5. The van der Waals surface area contributed by atoms with Gasteiger partial charge in [0.25, 0.3) is 0 Å². The molecule has 0 unspecified atom stereocenters. The molecule has 0 spiro atoms. The van der Waals surface area contributed by atoms with E-state index < -0.39 is 0 Å². The van der Waals surface area contributed by atoms with E-state index >= 15 is 0 Å². The smallest absolute Gasteiger partial charge is 0.163 e. The molecule has 0 aliphatic carbocycles. The maximum atomic E-state index is 11.7. The topological polar surface area (TPSA) is 17.1 Å². The Morgan fingerprint density at radius 2 is 2.13 bits per heavy atom. The van der Waals surface area contributed by atoms with Gasteiger partial charge < -0.3 is 0 Å². The van der Waals surface area contributed by atoms with Crippen LogP contribution in [0.25, 0.3) is 0 Å². The van der Waals surface area contributed by atoms with E-state index in [-0.39, 0.29) is 5.78 Å². The van der Waals surface area contributed by atoms with Gasteiger partial charge in [-0.1, -0.05) is 25.4 Å². The largest absolute Gasteiger partial charge is 0.294 e. The number of hydrogen-bond donors (Lipinski definition) is 0. The second kappa shape index (κ2) is 6.19. The van der Waals surface area contributed by atoms with Crippen molar-refractivity contribution in [2.24, 2.45) is 0 Å². The van der Waals surface area contributed by atoms with Crippen molar-refractivity contribution < 1.29 is 4.79 Å². The lowest BCUT2D eigenvalue weighted by atomic mass is 10.1. The first-order valence-corrected chi connectivity index (χ1v) is 6.51. The molecule has 0 aliphatic rings. The summed E-state index contributed by atoms with van der Waals surface area (Å²) in [5.74, 6) is 1.20. The van der Waals surface area contributed by atoms with E-state index in [4.69, 9.17) is 11.6 Å². The van der Waals surface area contributed by atoms with Crippen molar-refractivity contribution in [3.63, 3.8) is 0 Å². The Hall–Kier alpha value is -0.470. The third-order valence-corrected chi connectivity index (χ3v) is 3.54. The third-order valence-electron chi connectivity index (χ3n) is 2.02. The van der Waals surface area contributed by atoms with Crippen molar-refractivity contribution in [3.8, 4) is 0 Å². The molecule has 15 heavy (non-hydrogen) atoms. The predicted molar refractivity (Wildman–Crippen MR) is 67.1 cm³/mol. The zero-order chi connectivity index (χ0) is 11.3. The number of Topliss-reactive ketones (excluding diaryl/α,β-unsaturated/α-hetero) is 1. The van der Waals surface area contributed by atoms with Crippen LogP contribution in [-0.2, 0) is 0 Å². The van der Waals surface area contributed by atoms with Crippen molar-refractivity contribution in [2.75, 3.05) is 5.75 Å². The molecule has 0 fully saturated rings. The zero-order valence-corrected chi connectivity index (χ0v) is 10.6. The molecule has 0 N–H and O–H groups in total. The van der Waals surface area contributed by atoms with Crippen LogP contribution in [0.4, 0.5) is 0 Å². The summed E-state index contributed by atoms with van der Waals surface area (Å²) in [6.45, 7) is 4.00. The van der Waals surface area contributed by atoms with Crippen LogP contribution in [0.2, 0.25) is 5.02 Å². The molecule has 1 aromatic rings. The van der Waals surface area contributed by atoms with E-state index in [1.54, 1.807) is 17.8 Å². The first kappa shape index (κ1) is 12.6. The van der Waals surface area contributed by atoms with E-state index in [1.165, 1.54) is 0 Å². The monoisotopic (exact) mass is 242 g/mol. The van der Waals surface area contributed by atoms with Gasteiger partial charge in [0.05, 0.1) is 0 Å². The van der Waals surface area contributed by atoms with Gasteiger partial charge in [0.1, 0.15) is 0 Å². The molecule has 82 valence electrons. The Morgan fingerprint density at radius 1 is 1.40 bits per heavy atom. The lowest BCUT2D eigenvalue weighted by Crippen LogP contribution is -1.99. The molecule has 0 saturated carbocycles. The normalized spacial score (nSPS) is 10.3. The summed E-state index contributed by atoms with van der Waals surface area (Å²) in [4.78, 5) is 12.7. The van der Waals surface area contributed by atoms with Crippen LogP contribution in [-0.4, -0.2) is 11.5 Å². The van der Waals surface area contributed by atoms with E-state index in [0.29, 0.717) is 11.4 Å². The highest BCUT2D eigenvalue weighted by Crippen LogP contribution is 2.27. The van der Waals surface area contributed by atoms with Gasteiger partial charge in [-0.15, -0.1) is 11.8 Å². The minimum atomic E-state index is 0.163. The van der Waals surface area contributed by atoms with Crippen molar-refractivity contribution >= 4 is 29.1 Å². The standard InChI is InChI=1S/C12H15ClOS/c1-3-7-15-12-6-5-9(13)8-10(12)11(14)4-2/h5-6,8H,3-4,7H2,1-2H3. The van der Waals surface area contributed by atoms with Gasteiger partial charge in [0, 0.05) is 21.9 Å². The van der Waals surface area contributed by atoms with Gasteiger partial charge in [0.2, 0.25) is 0 Å². The van der Waals surface area contributed by atoms with Gasteiger partial charge in [-0.25, -0.2) is 0 Å². The van der Waals surface area contributed by atoms with E-state index in [1.807, 2.05) is 19.1 Å². The van der Waals surface area contributed by atoms with Crippen LogP contribution in [0.15, 0.2) is 23.1 Å². The number of thioether (sulfide) groups is 1. The fourth-order valence-electron chi connectivity index (χ4n) is 1.25. The van der Waals surface area contributed by atoms with Crippen LogP contribution in [0.3, 0.4) is 0 Å². The number of ketones is 1. The van der Waals surface area contributed by atoms with Gasteiger partial charge in [-0.05, 0) is 30.4 Å². The molecule has 0 aromatic heterocycles. The molecule has 0 saturated heterocycles. The molecular weight excluding hydrogens is 228 g/mol. The van der Waals surface area contributed by atoms with Crippen LogP contribution in [0.5, 0.6) is 0 Å². The van der Waals surface area contributed by atoms with Crippen LogP contribution >= 0.6 is 23.4 Å². The summed E-state index contributed by atoms with van der Waals surface area (Å²) in [5.41, 5.74) is 0.767. The van der Waals surface area contributed by atoms with Gasteiger partial charge in [-0.3, -0.25) is 4.79 Å². The minimum Gasteiger partial charge on any atom is -0.294 e. The van der Waals surface area contributed by atoms with Crippen LogP contribution < -0.4 is 0 Å². The molecule has 3 heteroatoms. The molecule has 0 aliphatic heterocycles. The second-order valence-corrected chi connectivity index (χ2v) is 4.84. The number of hydrogen-bond acceptors (Lipinski definition) is 2. The number of halogens is 1. The molecule has 1 rings (SSSR count). The summed E-state index contributed by atoms with van der Waals surface area (Å²) in [7, 11) is 0. The van der Waals surface area contributed by atoms with E-state index in [2.05, 4.69) is 6.92 Å². The highest BCUT2D eigenvalue weighted by Gasteiger charge is 2.10. The van der Waals surface area contributed by atoms with Crippen LogP contribution in [0.1, 0.15) is 37.0 Å². The average molecular weight is 243 g/mol. The molecular formula is C12H15ClOS. The Kier molecular flexibility index (Phi) is 5.20. The molecule has 0 radical (unpaired) electrons. The summed E-state index contributed by atoms with van der Waals surface area (Å²) >= 11 is 7.61. The lowest BCUT2D eigenvalue weighted by Gasteiger charge is -2.07. The Balaban J connectivity index is 2.97. The highest BCUT2D eigenvalue weighted by molar-refractivity contribution is 7.99. The number of carbonyl (C=O) groups excluding carboxylic acids is 1. The predicted octanol–water partition coefficient (Wildman–Crippen LogP) is 4.43. The van der Waals surface area contributed by atoms with E-state index in [9.17, 15) is 4.79 Å². The number of rotatable bonds is 5. The second-order valence-electron chi connectivity index (χ2n) is 3.27. The van der Waals surface area contributed by atoms with E-state index in [0.717, 1.165) is 22.6 Å². The van der Waals surface area contributed by atoms with Crippen molar-refractivity contribution in [2.45, 2.75) is 31.6 Å². The fourth-order valence-corrected chi connectivity index (χ4v) is 2.34. The third kappa shape index (κ3) is 3.54. The van der Waals surface area contributed by atoms with Crippen molar-refractivity contribution in [1.82, 2.24) is 0 Å². The summed E-state index contributed by atoms with van der Waals surface area (Å²) in [5, 5.41) is 0.632. The molecule has 0 bridgehead atoms. The zero-order valence-electron chi connectivity index (χ0n) is 9.05. The van der Waals surface area contributed by atoms with Gasteiger partial charge in [-0.2, -0.15) is 0 Å². The minimum absolute atomic E-state index is 0.163. The average Bonchev–Trinajstić information content (AvgIpc) is 2.26. The number of carbonyl (C=O) groups is 1. The molecule has 1 aromatic carbocycles. The van der Waals surface area contributed by atoms with Crippen LogP contribution in [0, 0.1) is 0 Å². The lowest BCUT2D eigenvalue weighted by molar-refractivity contribution is 0.0985. The summed E-state index contributed by atoms with van der Waals surface area (Å²) < 4.78 is 0. The maximum Gasteiger partial charge on any atom is 0.163 e.